The first-order valence-corrected chi connectivity index (χ1v) is 4.94. The second kappa shape index (κ2) is 3.12. The average molecular weight is 189 g/mol. The van der Waals surface area contributed by atoms with Crippen LogP contribution in [0, 0.1) is 6.92 Å². The number of Topliss-reactive ketones (excluding diaryl/α,β-unsaturated/α-hetero) is 1. The van der Waals surface area contributed by atoms with Crippen LogP contribution in [0.5, 0.6) is 5.75 Å². The quantitative estimate of drug-likeness (QED) is 0.626. The van der Waals surface area contributed by atoms with Gasteiger partial charge in [-0.1, -0.05) is 0 Å². The van der Waals surface area contributed by atoms with Crippen LogP contribution in [0.25, 0.3) is 0 Å². The maximum atomic E-state index is 11.8. The van der Waals surface area contributed by atoms with E-state index in [4.69, 9.17) is 0 Å². The zero-order chi connectivity index (χ0) is 10.3. The molecule has 2 rings (SSSR count). The van der Waals surface area contributed by atoms with Gasteiger partial charge in [0.15, 0.2) is 11.5 Å². The van der Waals surface area contributed by atoms with E-state index in [9.17, 15) is 9.90 Å². The van der Waals surface area contributed by atoms with Crippen LogP contribution in [0.15, 0.2) is 6.07 Å². The maximum Gasteiger partial charge on any atom is 0.192 e. The highest BCUT2D eigenvalue weighted by molar-refractivity contribution is 5.97. The Morgan fingerprint density at radius 2 is 1.93 bits per heavy atom. The highest BCUT2D eigenvalue weighted by Gasteiger charge is 2.22. The minimum atomic E-state index is -0.118. The monoisotopic (exact) mass is 189 g/mol. The number of fused-ring (bicyclic) bond motifs is 1. The van der Waals surface area contributed by atoms with Gasteiger partial charge in [0.2, 0.25) is 0 Å². The molecule has 1 aromatic rings. The van der Waals surface area contributed by atoms with Crippen molar-refractivity contribution in [2.24, 2.45) is 0 Å². The van der Waals surface area contributed by atoms with Crippen molar-refractivity contribution in [1.82, 2.24) is 0 Å². The van der Waals surface area contributed by atoms with Crippen molar-refractivity contribution < 1.29 is 9.90 Å². The molecule has 1 aliphatic rings. The molecule has 0 N–H and O–H groups in total. The number of benzene rings is 1. The Hall–Kier alpha value is -1.31. The Bertz CT molecular complexity index is 405. The molecule has 0 fully saturated rings. The van der Waals surface area contributed by atoms with Crippen LogP contribution in [0.3, 0.4) is 0 Å². The lowest BCUT2D eigenvalue weighted by Crippen LogP contribution is -1.98. The third kappa shape index (κ3) is 1.22. The summed E-state index contributed by atoms with van der Waals surface area (Å²) < 4.78 is 0. The molecular formula is C12H13O2. The summed E-state index contributed by atoms with van der Waals surface area (Å²) in [4.78, 5) is 11.2. The second-order valence-corrected chi connectivity index (χ2v) is 3.94. The Balaban J connectivity index is 2.68. The fourth-order valence-electron chi connectivity index (χ4n) is 2.22. The van der Waals surface area contributed by atoms with Gasteiger partial charge in [0, 0.05) is 5.56 Å². The van der Waals surface area contributed by atoms with Gasteiger partial charge in [0.25, 0.3) is 0 Å². The number of aryl methyl sites for hydroxylation is 1. The van der Waals surface area contributed by atoms with Gasteiger partial charge in [-0.25, -0.2) is 0 Å². The number of hydrogen-bond donors (Lipinski definition) is 0. The van der Waals surface area contributed by atoms with Gasteiger partial charge in [-0.15, -0.1) is 0 Å². The summed E-state index contributed by atoms with van der Waals surface area (Å²) in [5.41, 5.74) is 3.53. The SMILES string of the molecule is CC(=O)c1cc(C)c2c(c1[O])CCC2. The van der Waals surface area contributed by atoms with Crippen molar-refractivity contribution in [2.75, 3.05) is 0 Å². The number of carbonyl (C=O) groups excluding carboxylic acids is 1. The molecule has 14 heavy (non-hydrogen) atoms. The molecule has 0 amide bonds. The predicted molar refractivity (Wildman–Crippen MR) is 53.3 cm³/mol. The highest BCUT2D eigenvalue weighted by atomic mass is 16.3. The van der Waals surface area contributed by atoms with Crippen LogP contribution >= 0.6 is 0 Å². The topological polar surface area (TPSA) is 37.0 Å². The van der Waals surface area contributed by atoms with Crippen molar-refractivity contribution in [2.45, 2.75) is 33.1 Å². The molecule has 2 nitrogen and oxygen atoms in total. The molecule has 0 saturated heterocycles. The highest BCUT2D eigenvalue weighted by Crippen LogP contribution is 2.35. The van der Waals surface area contributed by atoms with Crippen molar-refractivity contribution in [3.05, 3.63) is 28.3 Å². The third-order valence-electron chi connectivity index (χ3n) is 2.95. The zero-order valence-electron chi connectivity index (χ0n) is 8.52. The minimum Gasteiger partial charge on any atom is -0.294 e. The maximum absolute atomic E-state index is 11.8. The molecule has 0 heterocycles. The van der Waals surface area contributed by atoms with Crippen LogP contribution in [0.2, 0.25) is 0 Å². The molecule has 73 valence electrons. The van der Waals surface area contributed by atoms with Gasteiger partial charge < -0.3 is 0 Å². The molecule has 0 atom stereocenters. The smallest absolute Gasteiger partial charge is 0.192 e. The summed E-state index contributed by atoms with van der Waals surface area (Å²) >= 11 is 0. The van der Waals surface area contributed by atoms with Crippen molar-refractivity contribution in [3.8, 4) is 5.75 Å². The predicted octanol–water partition coefficient (Wildman–Crippen LogP) is 2.83. The lowest BCUT2D eigenvalue weighted by atomic mass is 9.97. The summed E-state index contributed by atoms with van der Waals surface area (Å²) in [5, 5.41) is 11.8. The molecule has 2 heteroatoms. The summed E-state index contributed by atoms with van der Waals surface area (Å²) in [6.45, 7) is 3.44. The summed E-state index contributed by atoms with van der Waals surface area (Å²) in [5.74, 6) is -0.150. The van der Waals surface area contributed by atoms with Gasteiger partial charge in [-0.3, -0.25) is 9.90 Å². The molecule has 0 unspecified atom stereocenters. The van der Waals surface area contributed by atoms with Gasteiger partial charge in [0.1, 0.15) is 0 Å². The first-order valence-electron chi connectivity index (χ1n) is 4.94. The normalized spacial score (nSPS) is 14.1. The summed E-state index contributed by atoms with van der Waals surface area (Å²) in [6.07, 6.45) is 2.89. The fourth-order valence-corrected chi connectivity index (χ4v) is 2.22. The molecule has 0 bridgehead atoms. The summed E-state index contributed by atoms with van der Waals surface area (Å²) in [6, 6.07) is 1.74. The van der Waals surface area contributed by atoms with E-state index in [1.54, 1.807) is 6.07 Å². The molecule has 0 spiro atoms. The van der Waals surface area contributed by atoms with Crippen LogP contribution in [-0.4, -0.2) is 5.78 Å². The Labute approximate surface area is 83.6 Å². The van der Waals surface area contributed by atoms with Crippen LogP contribution in [-0.2, 0) is 17.9 Å². The molecular weight excluding hydrogens is 176 g/mol. The third-order valence-corrected chi connectivity index (χ3v) is 2.95. The number of hydrogen-bond acceptors (Lipinski definition) is 1. The minimum absolute atomic E-state index is 0.0319. The van der Waals surface area contributed by atoms with E-state index in [-0.39, 0.29) is 11.5 Å². The first kappa shape index (κ1) is 9.25. The molecule has 0 aliphatic heterocycles. The van der Waals surface area contributed by atoms with Gasteiger partial charge in [0.05, 0.1) is 5.56 Å². The standard InChI is InChI=1S/C12H13O2/c1-7-6-11(8(2)13)12(14)10-5-3-4-9(7)10/h6H,3-5H2,1-2H3. The van der Waals surface area contributed by atoms with E-state index in [0.717, 1.165) is 30.4 Å². The lowest BCUT2D eigenvalue weighted by Gasteiger charge is -2.07. The van der Waals surface area contributed by atoms with E-state index in [1.165, 1.54) is 12.5 Å². The lowest BCUT2D eigenvalue weighted by molar-refractivity contribution is 0.101. The number of ketones is 1. The average Bonchev–Trinajstić information content (AvgIpc) is 2.59. The number of carbonyl (C=O) groups is 1. The summed E-state index contributed by atoms with van der Waals surface area (Å²) in [7, 11) is 0. The van der Waals surface area contributed by atoms with Crippen molar-refractivity contribution in [3.63, 3.8) is 0 Å². The van der Waals surface area contributed by atoms with Gasteiger partial charge in [-0.05, 0) is 50.3 Å². The van der Waals surface area contributed by atoms with Crippen LogP contribution in [0.1, 0.15) is 40.4 Å². The second-order valence-electron chi connectivity index (χ2n) is 3.94. The van der Waals surface area contributed by atoms with Crippen molar-refractivity contribution in [1.29, 1.82) is 0 Å². The molecule has 1 aliphatic carbocycles. The van der Waals surface area contributed by atoms with E-state index in [2.05, 4.69) is 0 Å². The molecule has 0 saturated carbocycles. The fraction of sp³-hybridized carbons (Fsp3) is 0.417. The van der Waals surface area contributed by atoms with E-state index < -0.39 is 0 Å². The van der Waals surface area contributed by atoms with E-state index >= 15 is 0 Å². The zero-order valence-corrected chi connectivity index (χ0v) is 8.52. The van der Waals surface area contributed by atoms with Crippen LogP contribution < -0.4 is 0 Å². The first-order chi connectivity index (χ1) is 6.61. The number of rotatable bonds is 1. The molecule has 0 aromatic heterocycles. The van der Waals surface area contributed by atoms with Crippen LogP contribution in [0.4, 0.5) is 0 Å². The van der Waals surface area contributed by atoms with Gasteiger partial charge in [-0.2, -0.15) is 0 Å². The Morgan fingerprint density at radius 3 is 2.57 bits per heavy atom. The molecule has 1 aromatic carbocycles. The van der Waals surface area contributed by atoms with E-state index in [1.807, 2.05) is 6.92 Å². The molecule has 1 radical (unpaired) electrons. The van der Waals surface area contributed by atoms with Gasteiger partial charge >= 0.3 is 0 Å². The largest absolute Gasteiger partial charge is 0.294 e. The van der Waals surface area contributed by atoms with Crippen molar-refractivity contribution >= 4 is 5.78 Å². The Morgan fingerprint density at radius 1 is 1.29 bits per heavy atom. The Kier molecular flexibility index (Phi) is 2.06. The van der Waals surface area contributed by atoms with E-state index in [0.29, 0.717) is 5.56 Å².